The number of benzene rings is 3. The maximum atomic E-state index is 12.8. The molecule has 5 rings (SSSR count). The second-order valence-electron chi connectivity index (χ2n) is 8.36. The summed E-state index contributed by atoms with van der Waals surface area (Å²) in [5.41, 5.74) is 2.14. The molecule has 0 N–H and O–H groups in total. The number of aryl methyl sites for hydroxylation is 1. The van der Waals surface area contributed by atoms with E-state index in [0.717, 1.165) is 4.90 Å². The summed E-state index contributed by atoms with van der Waals surface area (Å²) >= 11 is 12.2. The van der Waals surface area contributed by atoms with Crippen molar-refractivity contribution in [2.45, 2.75) is 13.3 Å². The van der Waals surface area contributed by atoms with Crippen LogP contribution in [0.5, 0.6) is 5.75 Å². The van der Waals surface area contributed by atoms with Crippen molar-refractivity contribution in [3.63, 3.8) is 0 Å². The number of anilines is 2. The zero-order valence-electron chi connectivity index (χ0n) is 18.5. The van der Waals surface area contributed by atoms with Crippen LogP contribution in [0.25, 0.3) is 0 Å². The summed E-state index contributed by atoms with van der Waals surface area (Å²) in [6.07, 6.45) is -0.0201. The van der Waals surface area contributed by atoms with Crippen molar-refractivity contribution in [3.05, 3.63) is 87.4 Å². The van der Waals surface area contributed by atoms with Gasteiger partial charge >= 0.3 is 5.97 Å². The maximum Gasteiger partial charge on any atom is 0.316 e. The molecule has 3 aromatic carbocycles. The molecular weight excluding hydrogens is 491 g/mol. The van der Waals surface area contributed by atoms with Gasteiger partial charge in [-0.05, 0) is 61.0 Å². The highest BCUT2D eigenvalue weighted by molar-refractivity contribution is 6.36. The topological polar surface area (TPSA) is 84.0 Å². The fourth-order valence-electron chi connectivity index (χ4n) is 4.34. The van der Waals surface area contributed by atoms with Crippen LogP contribution in [-0.4, -0.2) is 30.2 Å². The van der Waals surface area contributed by atoms with Crippen LogP contribution in [0, 0.1) is 12.8 Å². The number of halogens is 2. The van der Waals surface area contributed by atoms with Crippen LogP contribution in [0.3, 0.4) is 0 Å². The maximum absolute atomic E-state index is 12.8. The number of nitrogens with zero attached hydrogens (tertiary/aromatic N) is 2. The van der Waals surface area contributed by atoms with Crippen LogP contribution in [0.2, 0.25) is 10.0 Å². The van der Waals surface area contributed by atoms with E-state index >= 15 is 0 Å². The molecular formula is C26H18Cl2N2O5. The van der Waals surface area contributed by atoms with Gasteiger partial charge in [0.25, 0.3) is 11.8 Å². The smallest absolute Gasteiger partial charge is 0.316 e. The molecule has 0 spiro atoms. The number of imide groups is 1. The van der Waals surface area contributed by atoms with Crippen LogP contribution < -0.4 is 14.5 Å². The molecule has 2 heterocycles. The molecule has 3 amide bonds. The number of amides is 3. The van der Waals surface area contributed by atoms with Gasteiger partial charge in [0.2, 0.25) is 5.91 Å². The Morgan fingerprint density at radius 1 is 0.914 bits per heavy atom. The third-order valence-electron chi connectivity index (χ3n) is 6.08. The fourth-order valence-corrected chi connectivity index (χ4v) is 4.73. The summed E-state index contributed by atoms with van der Waals surface area (Å²) in [7, 11) is 0. The normalized spacial score (nSPS) is 17.2. The number of hydrogen-bond donors (Lipinski definition) is 0. The molecule has 3 aromatic rings. The average molecular weight is 509 g/mol. The average Bonchev–Trinajstić information content (AvgIpc) is 3.34. The third-order valence-corrected chi connectivity index (χ3v) is 6.63. The molecule has 0 aliphatic carbocycles. The number of hydrogen-bond acceptors (Lipinski definition) is 5. The van der Waals surface area contributed by atoms with Gasteiger partial charge in [-0.1, -0.05) is 35.3 Å². The Kier molecular flexibility index (Phi) is 5.83. The highest BCUT2D eigenvalue weighted by atomic mass is 35.5. The minimum atomic E-state index is -0.686. The van der Waals surface area contributed by atoms with Crippen molar-refractivity contribution in [3.8, 4) is 5.75 Å². The lowest BCUT2D eigenvalue weighted by molar-refractivity contribution is -0.139. The Bertz CT molecular complexity index is 1390. The van der Waals surface area contributed by atoms with Gasteiger partial charge in [-0.3, -0.25) is 19.2 Å². The van der Waals surface area contributed by atoms with Crippen LogP contribution in [0.1, 0.15) is 32.7 Å². The first-order valence-corrected chi connectivity index (χ1v) is 11.6. The van der Waals surface area contributed by atoms with Gasteiger partial charge in [-0.15, -0.1) is 0 Å². The lowest BCUT2D eigenvalue weighted by atomic mass is 10.1. The molecule has 1 atom stereocenters. The van der Waals surface area contributed by atoms with Crippen molar-refractivity contribution < 1.29 is 23.9 Å². The first kappa shape index (κ1) is 23.1. The molecule has 176 valence electrons. The molecule has 0 saturated carbocycles. The van der Waals surface area contributed by atoms with E-state index in [-0.39, 0.29) is 24.6 Å². The molecule has 0 aromatic heterocycles. The standard InChI is InChI=1S/C26H18Cl2N2O5/c1-14-10-17(7-9-21(14)30-24(32)18-4-2-3-5-19(18)25(30)33)35-26(34)15-11-23(31)29(13-15)22-12-16(27)6-8-20(22)28/h2-10,12,15H,11,13H2,1H3/t15-/m0/s1. The Balaban J connectivity index is 1.31. The lowest BCUT2D eigenvalue weighted by Gasteiger charge is -2.19. The number of carbonyl (C=O) groups is 4. The molecule has 0 radical (unpaired) electrons. The second kappa shape index (κ2) is 8.83. The van der Waals surface area contributed by atoms with Crippen molar-refractivity contribution in [1.82, 2.24) is 0 Å². The number of carbonyl (C=O) groups excluding carboxylic acids is 4. The highest BCUT2D eigenvalue weighted by Crippen LogP contribution is 2.35. The van der Waals surface area contributed by atoms with E-state index in [1.54, 1.807) is 61.5 Å². The molecule has 1 fully saturated rings. The van der Waals surface area contributed by atoms with Crippen LogP contribution in [0.4, 0.5) is 11.4 Å². The summed E-state index contributed by atoms with van der Waals surface area (Å²) in [5.74, 6) is -2.06. The summed E-state index contributed by atoms with van der Waals surface area (Å²) in [6, 6.07) is 16.1. The summed E-state index contributed by atoms with van der Waals surface area (Å²) in [6.45, 7) is 1.84. The van der Waals surface area contributed by atoms with Crippen LogP contribution in [-0.2, 0) is 9.59 Å². The van der Waals surface area contributed by atoms with Gasteiger partial charge in [0.05, 0.1) is 33.4 Å². The minimum Gasteiger partial charge on any atom is -0.426 e. The van der Waals surface area contributed by atoms with Gasteiger partial charge in [-0.2, -0.15) is 0 Å². The molecule has 1 saturated heterocycles. The van der Waals surface area contributed by atoms with E-state index in [1.807, 2.05) is 0 Å². The fraction of sp³-hybridized carbons (Fsp3) is 0.154. The molecule has 7 nitrogen and oxygen atoms in total. The lowest BCUT2D eigenvalue weighted by Crippen LogP contribution is -2.30. The molecule has 2 aliphatic rings. The van der Waals surface area contributed by atoms with E-state index in [2.05, 4.69) is 0 Å². The predicted molar refractivity (Wildman–Crippen MR) is 131 cm³/mol. The van der Waals surface area contributed by atoms with E-state index in [0.29, 0.717) is 38.1 Å². The quantitative estimate of drug-likeness (QED) is 0.279. The van der Waals surface area contributed by atoms with Crippen molar-refractivity contribution in [1.29, 1.82) is 0 Å². The molecule has 35 heavy (non-hydrogen) atoms. The first-order valence-electron chi connectivity index (χ1n) is 10.8. The van der Waals surface area contributed by atoms with Gasteiger partial charge in [0, 0.05) is 18.0 Å². The predicted octanol–water partition coefficient (Wildman–Crippen LogP) is 5.06. The summed E-state index contributed by atoms with van der Waals surface area (Å²) < 4.78 is 5.53. The first-order chi connectivity index (χ1) is 16.7. The largest absolute Gasteiger partial charge is 0.426 e. The van der Waals surface area contributed by atoms with Crippen molar-refractivity contribution in [2.75, 3.05) is 16.3 Å². The van der Waals surface area contributed by atoms with Crippen LogP contribution >= 0.6 is 23.2 Å². The third kappa shape index (κ3) is 4.07. The Morgan fingerprint density at radius 2 is 1.60 bits per heavy atom. The van der Waals surface area contributed by atoms with Gasteiger partial charge in [0.1, 0.15) is 5.75 Å². The van der Waals surface area contributed by atoms with Gasteiger partial charge < -0.3 is 9.64 Å². The number of fused-ring (bicyclic) bond motifs is 1. The van der Waals surface area contributed by atoms with E-state index < -0.39 is 23.7 Å². The summed E-state index contributed by atoms with van der Waals surface area (Å²) in [4.78, 5) is 53.5. The zero-order chi connectivity index (χ0) is 24.9. The molecule has 0 bridgehead atoms. The second-order valence-corrected chi connectivity index (χ2v) is 9.21. The van der Waals surface area contributed by atoms with Crippen LogP contribution in [0.15, 0.2) is 60.7 Å². The Morgan fingerprint density at radius 3 is 2.26 bits per heavy atom. The number of esters is 1. The molecule has 2 aliphatic heterocycles. The van der Waals surface area contributed by atoms with Crippen molar-refractivity contribution >= 4 is 58.3 Å². The minimum absolute atomic E-state index is 0.0201. The Hall–Kier alpha value is -3.68. The zero-order valence-corrected chi connectivity index (χ0v) is 20.0. The monoisotopic (exact) mass is 508 g/mol. The van der Waals surface area contributed by atoms with E-state index in [9.17, 15) is 19.2 Å². The Labute approximate surface area is 210 Å². The van der Waals surface area contributed by atoms with Gasteiger partial charge in [0.15, 0.2) is 0 Å². The van der Waals surface area contributed by atoms with E-state index in [4.69, 9.17) is 27.9 Å². The number of rotatable bonds is 4. The highest BCUT2D eigenvalue weighted by Gasteiger charge is 2.38. The number of ether oxygens (including phenoxy) is 1. The van der Waals surface area contributed by atoms with Gasteiger partial charge in [-0.25, -0.2) is 4.90 Å². The van der Waals surface area contributed by atoms with Crippen molar-refractivity contribution in [2.24, 2.45) is 5.92 Å². The van der Waals surface area contributed by atoms with E-state index in [1.165, 1.54) is 11.0 Å². The molecule has 9 heteroatoms. The molecule has 0 unspecified atom stereocenters. The SMILES string of the molecule is Cc1cc(OC(=O)[C@H]2CC(=O)N(c3cc(Cl)ccc3Cl)C2)ccc1N1C(=O)c2ccccc2C1=O. The summed E-state index contributed by atoms with van der Waals surface area (Å²) in [5, 5.41) is 0.785.